The number of carbonyl (C=O) groups is 2. The molecule has 10 heteroatoms. The molecule has 3 radical (unpaired) electrons. The van der Waals surface area contributed by atoms with Gasteiger partial charge in [0.2, 0.25) is 11.8 Å². The minimum Gasteiger partial charge on any atom is -0.496 e. The monoisotopic (exact) mass is 382 g/mol. The minimum atomic E-state index is -1.53. The molecule has 1 fully saturated rings. The lowest BCUT2D eigenvalue weighted by atomic mass is 9.67. The van der Waals surface area contributed by atoms with Crippen LogP contribution in [0.25, 0.3) is 10.8 Å². The number of aromatic nitrogens is 1. The van der Waals surface area contributed by atoms with Crippen molar-refractivity contribution >= 4 is 37.6 Å². The fourth-order valence-electron chi connectivity index (χ4n) is 3.38. The molecule has 0 bridgehead atoms. The van der Waals surface area contributed by atoms with Crippen molar-refractivity contribution in [3.05, 3.63) is 30.0 Å². The molecule has 28 heavy (non-hydrogen) atoms. The Bertz CT molecular complexity index is 899. The Morgan fingerprint density at radius 1 is 1.46 bits per heavy atom. The van der Waals surface area contributed by atoms with Gasteiger partial charge in [-0.2, -0.15) is 0 Å². The van der Waals surface area contributed by atoms with E-state index in [4.69, 9.17) is 17.2 Å². The lowest BCUT2D eigenvalue weighted by molar-refractivity contribution is -0.123. The molecule has 1 aromatic carbocycles. The molecule has 3 rings (SSSR count). The quantitative estimate of drug-likeness (QED) is 0.696. The van der Waals surface area contributed by atoms with Crippen LogP contribution >= 0.6 is 0 Å². The molecular weight excluding hydrogens is 363 g/mol. The minimum absolute atomic E-state index is 0.0868. The summed E-state index contributed by atoms with van der Waals surface area (Å²) in [5.41, 5.74) is 0.309. The second-order valence-corrected chi connectivity index (χ2v) is 6.43. The number of carbonyl (C=O) groups excluding carboxylic acids is 2. The molecule has 2 heterocycles. The van der Waals surface area contributed by atoms with E-state index in [1.54, 1.807) is 24.4 Å². The molecular formula is C18H19B2FN3O4. The summed E-state index contributed by atoms with van der Waals surface area (Å²) in [7, 11) is 7.75. The Morgan fingerprint density at radius 3 is 2.93 bits per heavy atom. The van der Waals surface area contributed by atoms with Gasteiger partial charge >= 0.3 is 0 Å². The van der Waals surface area contributed by atoms with E-state index in [1.807, 2.05) is 6.92 Å². The normalized spacial score (nSPS) is 21.2. The first-order valence-electron chi connectivity index (χ1n) is 8.88. The molecule has 0 unspecified atom stereocenters. The lowest BCUT2D eigenvalue weighted by Gasteiger charge is -2.19. The number of ether oxygens (including phenoxy) is 2. The Labute approximate surface area is 164 Å². The average Bonchev–Trinajstić information content (AvgIpc) is 2.98. The fourth-order valence-corrected chi connectivity index (χ4v) is 3.38. The fraction of sp³-hybridized carbons (Fsp3) is 0.389. The summed E-state index contributed by atoms with van der Waals surface area (Å²) in [6.45, 7) is 1.92. The van der Waals surface area contributed by atoms with Crippen molar-refractivity contribution in [2.75, 3.05) is 13.7 Å². The molecule has 2 amide bonds. The zero-order valence-corrected chi connectivity index (χ0v) is 15.6. The number of nitrogens with one attached hydrogen (secondary N) is 2. The molecule has 143 valence electrons. The van der Waals surface area contributed by atoms with Crippen molar-refractivity contribution in [3.8, 4) is 11.6 Å². The molecule has 2 N–H and O–H groups in total. The molecule has 3 atom stereocenters. The van der Waals surface area contributed by atoms with Gasteiger partial charge in [0.15, 0.2) is 13.5 Å². The van der Waals surface area contributed by atoms with E-state index >= 15 is 0 Å². The highest BCUT2D eigenvalue weighted by atomic mass is 19.1. The van der Waals surface area contributed by atoms with E-state index in [0.717, 1.165) is 7.31 Å². The zero-order chi connectivity index (χ0) is 20.3. The molecule has 1 aliphatic heterocycles. The van der Waals surface area contributed by atoms with Gasteiger partial charge in [-0.3, -0.25) is 9.59 Å². The van der Waals surface area contributed by atoms with E-state index in [2.05, 4.69) is 15.5 Å². The predicted molar refractivity (Wildman–Crippen MR) is 103 cm³/mol. The summed E-state index contributed by atoms with van der Waals surface area (Å²) in [4.78, 5) is 28.0. The molecule has 0 aliphatic carbocycles. The van der Waals surface area contributed by atoms with E-state index in [0.29, 0.717) is 34.4 Å². The summed E-state index contributed by atoms with van der Waals surface area (Å²) < 4.78 is 25.1. The van der Waals surface area contributed by atoms with Crippen LogP contribution in [0.3, 0.4) is 0 Å². The van der Waals surface area contributed by atoms with Gasteiger partial charge in [0.05, 0.1) is 18.7 Å². The highest BCUT2D eigenvalue weighted by molar-refractivity contribution is 6.89. The Kier molecular flexibility index (Phi) is 6.06. The van der Waals surface area contributed by atoms with Crippen LogP contribution in [0.1, 0.15) is 23.7 Å². The number of nitrogens with zero attached hydrogens (tertiary/aromatic N) is 1. The van der Waals surface area contributed by atoms with E-state index in [1.165, 1.54) is 7.11 Å². The van der Waals surface area contributed by atoms with Crippen LogP contribution in [-0.2, 0) is 4.79 Å². The third kappa shape index (κ3) is 3.76. The predicted octanol–water partition coefficient (Wildman–Crippen LogP) is 0.917. The number of halogens is 1. The van der Waals surface area contributed by atoms with Gasteiger partial charge in [-0.15, -0.1) is 0 Å². The highest BCUT2D eigenvalue weighted by Gasteiger charge is 2.41. The summed E-state index contributed by atoms with van der Waals surface area (Å²) in [5, 5.41) is 6.37. The van der Waals surface area contributed by atoms with Crippen molar-refractivity contribution in [2.24, 2.45) is 5.92 Å². The maximum Gasteiger partial charge on any atom is 0.255 e. The van der Waals surface area contributed by atoms with E-state index in [9.17, 15) is 14.0 Å². The van der Waals surface area contributed by atoms with Gasteiger partial charge in [0.1, 0.15) is 12.4 Å². The van der Waals surface area contributed by atoms with E-state index < -0.39 is 29.9 Å². The first kappa shape index (κ1) is 20.0. The Hall–Kier alpha value is -2.77. The number of amides is 2. The average molecular weight is 382 g/mol. The van der Waals surface area contributed by atoms with Gasteiger partial charge in [-0.25, -0.2) is 9.37 Å². The number of rotatable bonds is 7. The number of pyridine rings is 1. The summed E-state index contributed by atoms with van der Waals surface area (Å²) in [6, 6.07) is 4.59. The van der Waals surface area contributed by atoms with Crippen LogP contribution in [-0.4, -0.2) is 57.8 Å². The molecule has 0 saturated carbocycles. The first-order valence-corrected chi connectivity index (χ1v) is 8.88. The molecule has 0 spiro atoms. The number of benzene rings is 1. The number of alkyl halides is 1. The smallest absolute Gasteiger partial charge is 0.255 e. The van der Waals surface area contributed by atoms with Crippen LogP contribution in [0.15, 0.2) is 24.4 Å². The lowest BCUT2D eigenvalue weighted by Crippen LogP contribution is -2.34. The Morgan fingerprint density at radius 2 is 2.25 bits per heavy atom. The maximum atomic E-state index is 13.9. The van der Waals surface area contributed by atoms with Crippen molar-refractivity contribution in [1.29, 1.82) is 0 Å². The third-order valence-corrected chi connectivity index (χ3v) is 4.85. The maximum absolute atomic E-state index is 13.9. The standard InChI is InChI=1S/C18H19B2FN3O4/c1-3-10-13(23-17(26)15(10)21)8-28-18-11-7-14(27-2)12(16(25)24-20-19)6-9(11)4-5-22-18/h4-7,10,13,15H,3,8H2,1-2H3,(H,23,26)(H,24,25)/t10-,13+,15-/m0/s1. The van der Waals surface area contributed by atoms with Gasteiger partial charge in [0, 0.05) is 25.2 Å². The second kappa shape index (κ2) is 8.50. The molecule has 1 saturated heterocycles. The van der Waals surface area contributed by atoms with Crippen LogP contribution in [0.2, 0.25) is 0 Å². The number of fused-ring (bicyclic) bond motifs is 1. The number of methoxy groups -OCH3 is 1. The zero-order valence-electron chi connectivity index (χ0n) is 15.6. The third-order valence-electron chi connectivity index (χ3n) is 4.85. The van der Waals surface area contributed by atoms with Crippen molar-refractivity contribution < 1.29 is 23.5 Å². The Balaban J connectivity index is 1.88. The van der Waals surface area contributed by atoms with Crippen LogP contribution < -0.4 is 20.0 Å². The largest absolute Gasteiger partial charge is 0.496 e. The van der Waals surface area contributed by atoms with Crippen LogP contribution in [0.4, 0.5) is 4.39 Å². The summed E-state index contributed by atoms with van der Waals surface area (Å²) in [6.07, 6.45) is 0.532. The van der Waals surface area contributed by atoms with Crippen molar-refractivity contribution in [3.63, 3.8) is 0 Å². The van der Waals surface area contributed by atoms with Gasteiger partial charge in [-0.05, 0) is 30.0 Å². The van der Waals surface area contributed by atoms with Gasteiger partial charge in [0.25, 0.3) is 5.91 Å². The number of hydrogen-bond acceptors (Lipinski definition) is 5. The van der Waals surface area contributed by atoms with E-state index in [-0.39, 0.29) is 6.61 Å². The first-order chi connectivity index (χ1) is 13.5. The molecule has 1 aliphatic rings. The van der Waals surface area contributed by atoms with Crippen molar-refractivity contribution in [1.82, 2.24) is 15.5 Å². The summed E-state index contributed by atoms with van der Waals surface area (Å²) in [5.74, 6) is -0.831. The van der Waals surface area contributed by atoms with Gasteiger partial charge < -0.3 is 20.0 Å². The number of hydrogen-bond donors (Lipinski definition) is 2. The van der Waals surface area contributed by atoms with Crippen LogP contribution in [0, 0.1) is 5.92 Å². The summed E-state index contributed by atoms with van der Waals surface area (Å²) >= 11 is 0. The second-order valence-electron chi connectivity index (χ2n) is 6.43. The SMILES string of the molecule is [B][B]NC(=O)c1cc2ccnc(OC[C@H]3NC(=O)[C@@H](F)[C@H]3CC)c2cc1OC. The molecule has 7 nitrogen and oxygen atoms in total. The highest BCUT2D eigenvalue weighted by Crippen LogP contribution is 2.31. The van der Waals surface area contributed by atoms with Crippen LogP contribution in [0.5, 0.6) is 11.6 Å². The topological polar surface area (TPSA) is 89.5 Å². The molecule has 1 aromatic heterocycles. The van der Waals surface area contributed by atoms with Gasteiger partial charge in [-0.1, -0.05) is 6.92 Å². The molecule has 2 aromatic rings. The van der Waals surface area contributed by atoms with Crippen molar-refractivity contribution in [2.45, 2.75) is 25.6 Å².